The number of nitrogens with one attached hydrogen (secondary N) is 1. The van der Waals surface area contributed by atoms with E-state index in [1.54, 1.807) is 13.2 Å². The van der Waals surface area contributed by atoms with Crippen molar-refractivity contribution in [2.45, 2.75) is 26.4 Å². The summed E-state index contributed by atoms with van der Waals surface area (Å²) < 4.78 is 16.0. The van der Waals surface area contributed by atoms with E-state index in [1.165, 1.54) is 0 Å². The van der Waals surface area contributed by atoms with E-state index in [9.17, 15) is 0 Å². The molecule has 1 aromatic rings. The van der Waals surface area contributed by atoms with E-state index in [2.05, 4.69) is 10.3 Å². The fourth-order valence-corrected chi connectivity index (χ4v) is 1.42. The van der Waals surface area contributed by atoms with Gasteiger partial charge in [0.05, 0.1) is 25.5 Å². The zero-order chi connectivity index (χ0) is 15.0. The number of anilines is 2. The molecular weight excluding hydrogens is 258 g/mol. The van der Waals surface area contributed by atoms with E-state index in [0.717, 1.165) is 0 Å². The van der Waals surface area contributed by atoms with Crippen LogP contribution in [0.3, 0.4) is 0 Å². The first-order chi connectivity index (χ1) is 9.42. The first kappa shape index (κ1) is 16.5. The number of ether oxygens (including phenoxy) is 3. The smallest absolute Gasteiger partial charge is 0.239 e. The molecule has 1 heterocycles. The summed E-state index contributed by atoms with van der Waals surface area (Å²) in [5.74, 6) is 1.16. The van der Waals surface area contributed by atoms with Gasteiger partial charge in [-0.25, -0.2) is 0 Å². The maximum atomic E-state index is 5.85. The summed E-state index contributed by atoms with van der Waals surface area (Å²) in [5.41, 5.74) is 6.05. The number of rotatable bonds is 8. The first-order valence-electron chi connectivity index (χ1n) is 6.68. The normalized spacial score (nSPS) is 11.4. The van der Waals surface area contributed by atoms with Gasteiger partial charge in [-0.15, -0.1) is 0 Å². The Balaban J connectivity index is 2.45. The highest BCUT2D eigenvalue weighted by molar-refractivity contribution is 5.53. The van der Waals surface area contributed by atoms with Gasteiger partial charge in [0.25, 0.3) is 0 Å². The minimum absolute atomic E-state index is 0.330. The van der Waals surface area contributed by atoms with Crippen LogP contribution in [-0.2, 0) is 9.47 Å². The molecule has 0 saturated heterocycles. The number of aromatic nitrogens is 1. The summed E-state index contributed by atoms with van der Waals surface area (Å²) in [5, 5.41) is 3.16. The van der Waals surface area contributed by atoms with Crippen molar-refractivity contribution in [2.75, 3.05) is 44.5 Å². The molecule has 3 N–H and O–H groups in total. The minimum Gasteiger partial charge on any atom is -0.470 e. The van der Waals surface area contributed by atoms with Gasteiger partial charge in [-0.2, -0.15) is 4.98 Å². The lowest BCUT2D eigenvalue weighted by Crippen LogP contribution is -2.24. The monoisotopic (exact) mass is 283 g/mol. The van der Waals surface area contributed by atoms with Crippen molar-refractivity contribution in [3.63, 3.8) is 0 Å². The molecule has 114 valence electrons. The predicted octanol–water partition coefficient (Wildman–Crippen LogP) is 1.92. The Morgan fingerprint density at radius 2 is 1.95 bits per heavy atom. The quantitative estimate of drug-likeness (QED) is 0.710. The Morgan fingerprint density at radius 1 is 1.20 bits per heavy atom. The lowest BCUT2D eigenvalue weighted by Gasteiger charge is -2.21. The first-order valence-corrected chi connectivity index (χ1v) is 6.68. The molecule has 0 aliphatic rings. The van der Waals surface area contributed by atoms with E-state index in [-0.39, 0.29) is 5.60 Å². The Bertz CT molecular complexity index is 405. The predicted molar refractivity (Wildman–Crippen MR) is 80.2 cm³/mol. The molecule has 0 unspecified atom stereocenters. The van der Waals surface area contributed by atoms with Gasteiger partial charge < -0.3 is 25.3 Å². The molecule has 20 heavy (non-hydrogen) atoms. The van der Waals surface area contributed by atoms with Crippen molar-refractivity contribution in [3.8, 4) is 5.88 Å². The summed E-state index contributed by atoms with van der Waals surface area (Å²) in [7, 11) is 1.65. The van der Waals surface area contributed by atoms with Gasteiger partial charge in [0, 0.05) is 13.7 Å². The second-order valence-electron chi connectivity index (χ2n) is 5.34. The van der Waals surface area contributed by atoms with E-state index in [1.807, 2.05) is 26.8 Å². The van der Waals surface area contributed by atoms with Gasteiger partial charge in [0.2, 0.25) is 5.88 Å². The molecule has 1 rings (SSSR count). The van der Waals surface area contributed by atoms with Crippen molar-refractivity contribution in [3.05, 3.63) is 12.1 Å². The Morgan fingerprint density at radius 3 is 2.60 bits per heavy atom. The van der Waals surface area contributed by atoms with Crippen molar-refractivity contribution in [2.24, 2.45) is 0 Å². The van der Waals surface area contributed by atoms with E-state index >= 15 is 0 Å². The largest absolute Gasteiger partial charge is 0.470 e. The molecule has 0 aliphatic carbocycles. The van der Waals surface area contributed by atoms with Crippen LogP contribution in [-0.4, -0.2) is 44.1 Å². The molecule has 0 amide bonds. The summed E-state index contributed by atoms with van der Waals surface area (Å²) >= 11 is 0. The van der Waals surface area contributed by atoms with Crippen LogP contribution in [0, 0.1) is 0 Å². The van der Waals surface area contributed by atoms with Crippen LogP contribution >= 0.6 is 0 Å². The Kier molecular flexibility index (Phi) is 6.54. The van der Waals surface area contributed by atoms with Crippen LogP contribution in [0.25, 0.3) is 0 Å². The van der Waals surface area contributed by atoms with E-state index < -0.39 is 0 Å². The minimum atomic E-state index is -0.330. The number of hydrogen-bond donors (Lipinski definition) is 2. The molecule has 0 bridgehead atoms. The van der Waals surface area contributed by atoms with Crippen LogP contribution in [0.15, 0.2) is 12.1 Å². The van der Waals surface area contributed by atoms with Crippen LogP contribution in [0.1, 0.15) is 20.8 Å². The van der Waals surface area contributed by atoms with Crippen molar-refractivity contribution >= 4 is 11.5 Å². The molecule has 6 nitrogen and oxygen atoms in total. The lowest BCUT2D eigenvalue weighted by molar-refractivity contribution is 0.0759. The molecule has 0 radical (unpaired) electrons. The van der Waals surface area contributed by atoms with E-state index in [0.29, 0.717) is 43.8 Å². The molecule has 0 saturated carbocycles. The Labute approximate surface area is 120 Å². The molecule has 0 aromatic carbocycles. The molecule has 0 atom stereocenters. The third-order valence-electron chi connectivity index (χ3n) is 2.28. The molecule has 6 heteroatoms. The number of nitrogens with zero attached hydrogens (tertiary/aromatic N) is 1. The molecule has 0 spiro atoms. The van der Waals surface area contributed by atoms with Gasteiger partial charge >= 0.3 is 0 Å². The average molecular weight is 283 g/mol. The zero-order valence-corrected chi connectivity index (χ0v) is 12.7. The second-order valence-corrected chi connectivity index (χ2v) is 5.34. The van der Waals surface area contributed by atoms with Crippen LogP contribution in [0.4, 0.5) is 11.5 Å². The molecule has 0 aliphatic heterocycles. The summed E-state index contributed by atoms with van der Waals surface area (Å²) in [4.78, 5) is 4.35. The van der Waals surface area contributed by atoms with Crippen LogP contribution < -0.4 is 15.8 Å². The van der Waals surface area contributed by atoms with Crippen LogP contribution in [0.5, 0.6) is 5.88 Å². The Hall–Kier alpha value is -1.53. The SMILES string of the molecule is COCCOCCNc1ccc(N)c(OC(C)(C)C)n1. The second kappa shape index (κ2) is 7.91. The summed E-state index contributed by atoms with van der Waals surface area (Å²) in [6.45, 7) is 8.31. The summed E-state index contributed by atoms with van der Waals surface area (Å²) in [6.07, 6.45) is 0. The number of nitrogens with two attached hydrogens (primary N) is 1. The zero-order valence-electron chi connectivity index (χ0n) is 12.7. The highest BCUT2D eigenvalue weighted by atomic mass is 16.5. The number of pyridine rings is 1. The fraction of sp³-hybridized carbons (Fsp3) is 0.643. The van der Waals surface area contributed by atoms with Crippen LogP contribution in [0.2, 0.25) is 0 Å². The third kappa shape index (κ3) is 6.58. The van der Waals surface area contributed by atoms with Gasteiger partial charge in [0.1, 0.15) is 11.4 Å². The maximum absolute atomic E-state index is 5.85. The highest BCUT2D eigenvalue weighted by Crippen LogP contribution is 2.24. The van der Waals surface area contributed by atoms with Gasteiger partial charge in [0.15, 0.2) is 0 Å². The summed E-state index contributed by atoms with van der Waals surface area (Å²) in [6, 6.07) is 3.60. The lowest BCUT2D eigenvalue weighted by atomic mass is 10.2. The molecule has 0 fully saturated rings. The van der Waals surface area contributed by atoms with Gasteiger partial charge in [-0.3, -0.25) is 0 Å². The molecular formula is C14H25N3O3. The highest BCUT2D eigenvalue weighted by Gasteiger charge is 2.15. The molecule has 1 aromatic heterocycles. The standard InChI is InChI=1S/C14H25N3O3/c1-14(2,3)20-13-11(15)5-6-12(17-13)16-7-8-19-10-9-18-4/h5-6H,7-10,15H2,1-4H3,(H,16,17). The number of hydrogen-bond acceptors (Lipinski definition) is 6. The number of methoxy groups -OCH3 is 1. The van der Waals surface area contributed by atoms with E-state index in [4.69, 9.17) is 19.9 Å². The van der Waals surface area contributed by atoms with Gasteiger partial charge in [-0.1, -0.05) is 0 Å². The fourth-order valence-electron chi connectivity index (χ4n) is 1.42. The van der Waals surface area contributed by atoms with Crippen molar-refractivity contribution in [1.29, 1.82) is 0 Å². The topological polar surface area (TPSA) is 78.6 Å². The van der Waals surface area contributed by atoms with Gasteiger partial charge in [-0.05, 0) is 32.9 Å². The third-order valence-corrected chi connectivity index (χ3v) is 2.28. The maximum Gasteiger partial charge on any atom is 0.239 e. The average Bonchev–Trinajstić information content (AvgIpc) is 2.35. The van der Waals surface area contributed by atoms with Crippen molar-refractivity contribution < 1.29 is 14.2 Å². The van der Waals surface area contributed by atoms with Crippen molar-refractivity contribution in [1.82, 2.24) is 4.98 Å². The number of nitrogen functional groups attached to an aromatic ring is 1.